The molecule has 3 fully saturated rings. The Morgan fingerprint density at radius 2 is 1.71 bits per heavy atom. The van der Waals surface area contributed by atoms with Gasteiger partial charge in [0.2, 0.25) is 17.7 Å². The minimum Gasteiger partial charge on any atom is -0.359 e. The zero-order valence-corrected chi connectivity index (χ0v) is 25.6. The smallest absolute Gasteiger partial charge is 0.246 e. The van der Waals surface area contributed by atoms with Crippen LogP contribution in [0.3, 0.4) is 0 Å². The van der Waals surface area contributed by atoms with Crippen molar-refractivity contribution in [3.8, 4) is 0 Å². The first kappa shape index (κ1) is 30.3. The van der Waals surface area contributed by atoms with Crippen LogP contribution in [0.1, 0.15) is 65.2 Å². The molecule has 4 aliphatic rings. The third-order valence-electron chi connectivity index (χ3n) is 8.96. The second kappa shape index (κ2) is 13.0. The van der Waals surface area contributed by atoms with E-state index in [1.165, 1.54) is 6.42 Å². The van der Waals surface area contributed by atoms with Crippen molar-refractivity contribution in [3.05, 3.63) is 40.4 Å². The van der Waals surface area contributed by atoms with Crippen LogP contribution in [-0.4, -0.2) is 77.5 Å². The summed E-state index contributed by atoms with van der Waals surface area (Å²) in [4.78, 5) is 45.9. The maximum atomic E-state index is 14.2. The van der Waals surface area contributed by atoms with Gasteiger partial charge < -0.3 is 25.2 Å². The summed E-state index contributed by atoms with van der Waals surface area (Å²) >= 11 is 12.3. The van der Waals surface area contributed by atoms with Gasteiger partial charge in [0.05, 0.1) is 17.9 Å². The Morgan fingerprint density at radius 3 is 2.37 bits per heavy atom. The van der Waals surface area contributed by atoms with Gasteiger partial charge >= 0.3 is 0 Å². The molecule has 0 aromatic heterocycles. The van der Waals surface area contributed by atoms with Crippen LogP contribution in [0.25, 0.3) is 0 Å². The Kier molecular flexibility index (Phi) is 9.64. The number of hydrogen-bond acceptors (Lipinski definition) is 5. The van der Waals surface area contributed by atoms with Crippen molar-refractivity contribution in [2.75, 3.05) is 31.5 Å². The first-order valence-corrected chi connectivity index (χ1v) is 16.0. The lowest BCUT2D eigenvalue weighted by Gasteiger charge is -2.34. The summed E-state index contributed by atoms with van der Waals surface area (Å²) in [6.45, 7) is 7.62. The van der Waals surface area contributed by atoms with Gasteiger partial charge in [-0.15, -0.1) is 0 Å². The zero-order valence-electron chi connectivity index (χ0n) is 24.0. The zero-order chi connectivity index (χ0) is 29.1. The third-order valence-corrected chi connectivity index (χ3v) is 9.40. The first-order chi connectivity index (χ1) is 19.8. The average Bonchev–Trinajstić information content (AvgIpc) is 3.56. The highest BCUT2D eigenvalue weighted by Crippen LogP contribution is 2.55. The molecule has 2 bridgehead atoms. The molecule has 1 spiro atoms. The van der Waals surface area contributed by atoms with Crippen molar-refractivity contribution >= 4 is 46.6 Å². The number of anilines is 1. The Labute approximate surface area is 253 Å². The van der Waals surface area contributed by atoms with E-state index in [1.54, 1.807) is 23.1 Å². The normalized spacial score (nSPS) is 28.9. The maximum Gasteiger partial charge on any atom is 0.246 e. The predicted molar refractivity (Wildman–Crippen MR) is 161 cm³/mol. The molecule has 10 heteroatoms. The lowest BCUT2D eigenvalue weighted by Crippen LogP contribution is -2.56. The fourth-order valence-electron chi connectivity index (χ4n) is 7.32. The molecule has 5 unspecified atom stereocenters. The van der Waals surface area contributed by atoms with E-state index in [9.17, 15) is 14.4 Å². The Bertz CT molecular complexity index is 1150. The fourth-order valence-corrected chi connectivity index (χ4v) is 7.85. The number of fused-ring (bicyclic) bond motifs is 1. The standard InChI is InChI=1S/C31H42Cl2N4O4/c1-3-13-36(14-4-2)15-8-16-37-27(29(39)34-22-9-6-5-7-10-22)31-12-11-24(41-31)25(26(31)30(37)40)28(38)35-23-18-20(32)17-21(33)19-23/h11-12,17-19,22,24-27H,3-10,13-16H2,1-2H3,(H,34,39)(H,35,38). The predicted octanol–water partition coefficient (Wildman–Crippen LogP) is 5.04. The molecule has 3 heterocycles. The quantitative estimate of drug-likeness (QED) is 0.326. The number of nitrogens with one attached hydrogen (secondary N) is 2. The van der Waals surface area contributed by atoms with E-state index in [-0.39, 0.29) is 23.8 Å². The first-order valence-electron chi connectivity index (χ1n) is 15.2. The summed E-state index contributed by atoms with van der Waals surface area (Å²) in [6.07, 6.45) is 11.2. The third kappa shape index (κ3) is 6.17. The second-order valence-corrected chi connectivity index (χ2v) is 12.8. The highest BCUT2D eigenvalue weighted by Gasteiger charge is 2.72. The van der Waals surface area contributed by atoms with E-state index in [4.69, 9.17) is 27.9 Å². The Balaban J connectivity index is 1.39. The highest BCUT2D eigenvalue weighted by atomic mass is 35.5. The maximum absolute atomic E-state index is 14.2. The number of benzene rings is 1. The Morgan fingerprint density at radius 1 is 1.02 bits per heavy atom. The number of amides is 3. The summed E-state index contributed by atoms with van der Waals surface area (Å²) in [5.41, 5.74) is -0.713. The van der Waals surface area contributed by atoms with E-state index in [0.29, 0.717) is 22.3 Å². The minimum atomic E-state index is -1.17. The number of halogens is 2. The molecule has 2 saturated heterocycles. The molecule has 41 heavy (non-hydrogen) atoms. The van der Waals surface area contributed by atoms with Crippen LogP contribution in [-0.2, 0) is 19.1 Å². The number of ether oxygens (including phenoxy) is 1. The molecule has 1 saturated carbocycles. The van der Waals surface area contributed by atoms with Crippen LogP contribution >= 0.6 is 23.2 Å². The molecule has 5 atom stereocenters. The van der Waals surface area contributed by atoms with Crippen molar-refractivity contribution in [3.63, 3.8) is 0 Å². The number of hydrogen-bond donors (Lipinski definition) is 2. The van der Waals surface area contributed by atoms with E-state index >= 15 is 0 Å². The van der Waals surface area contributed by atoms with Crippen molar-refractivity contribution in [1.29, 1.82) is 0 Å². The van der Waals surface area contributed by atoms with Crippen molar-refractivity contribution < 1.29 is 19.1 Å². The number of rotatable bonds is 12. The fraction of sp³-hybridized carbons (Fsp3) is 0.645. The number of likely N-dealkylation sites (tertiary alicyclic amines) is 1. The van der Waals surface area contributed by atoms with Crippen molar-refractivity contribution in [1.82, 2.24) is 15.1 Å². The van der Waals surface area contributed by atoms with Gasteiger partial charge in [0.25, 0.3) is 0 Å². The molecule has 1 aromatic carbocycles. The minimum absolute atomic E-state index is 0.0995. The average molecular weight is 606 g/mol. The van der Waals surface area contributed by atoms with Gasteiger partial charge in [-0.1, -0.05) is 68.5 Å². The molecular weight excluding hydrogens is 563 g/mol. The summed E-state index contributed by atoms with van der Waals surface area (Å²) in [7, 11) is 0. The molecular formula is C31H42Cl2N4O4. The Hall–Kier alpha value is -2.13. The van der Waals surface area contributed by atoms with E-state index < -0.39 is 29.6 Å². The number of carbonyl (C=O) groups excluding carboxylic acids is 3. The number of carbonyl (C=O) groups is 3. The molecule has 1 aromatic rings. The molecule has 1 aliphatic carbocycles. The molecule has 224 valence electrons. The monoisotopic (exact) mass is 604 g/mol. The lowest BCUT2D eigenvalue weighted by atomic mass is 9.74. The van der Waals surface area contributed by atoms with E-state index in [1.807, 2.05) is 12.2 Å². The second-order valence-electron chi connectivity index (χ2n) is 11.9. The highest BCUT2D eigenvalue weighted by molar-refractivity contribution is 6.35. The van der Waals surface area contributed by atoms with Crippen LogP contribution in [0.5, 0.6) is 0 Å². The van der Waals surface area contributed by atoms with Gasteiger partial charge in [0, 0.05) is 28.3 Å². The topological polar surface area (TPSA) is 91.0 Å². The summed E-state index contributed by atoms with van der Waals surface area (Å²) in [6, 6.07) is 4.11. The van der Waals surface area contributed by atoms with Gasteiger partial charge in [-0.3, -0.25) is 14.4 Å². The molecule has 3 aliphatic heterocycles. The lowest BCUT2D eigenvalue weighted by molar-refractivity contribution is -0.141. The van der Waals surface area contributed by atoms with Crippen LogP contribution in [0.4, 0.5) is 5.69 Å². The summed E-state index contributed by atoms with van der Waals surface area (Å²) in [5, 5.41) is 6.94. The molecule has 2 N–H and O–H groups in total. The molecule has 8 nitrogen and oxygen atoms in total. The van der Waals surface area contributed by atoms with Crippen molar-refractivity contribution in [2.24, 2.45) is 11.8 Å². The van der Waals surface area contributed by atoms with Crippen LogP contribution < -0.4 is 10.6 Å². The molecule has 3 amide bonds. The molecule has 5 rings (SSSR count). The van der Waals surface area contributed by atoms with Gasteiger partial charge in [-0.05, 0) is 69.9 Å². The number of nitrogens with zero attached hydrogens (tertiary/aromatic N) is 2. The van der Waals surface area contributed by atoms with Crippen LogP contribution in [0.15, 0.2) is 30.4 Å². The van der Waals surface area contributed by atoms with E-state index in [0.717, 1.165) is 64.6 Å². The van der Waals surface area contributed by atoms with Gasteiger partial charge in [0.15, 0.2) is 0 Å². The van der Waals surface area contributed by atoms with Gasteiger partial charge in [0.1, 0.15) is 11.6 Å². The van der Waals surface area contributed by atoms with Gasteiger partial charge in [-0.2, -0.15) is 0 Å². The van der Waals surface area contributed by atoms with Gasteiger partial charge in [-0.25, -0.2) is 0 Å². The molecule has 0 radical (unpaired) electrons. The van der Waals surface area contributed by atoms with Crippen molar-refractivity contribution in [2.45, 2.75) is 89.0 Å². The van der Waals surface area contributed by atoms with Crippen LogP contribution in [0, 0.1) is 11.8 Å². The van der Waals surface area contributed by atoms with Crippen LogP contribution in [0.2, 0.25) is 10.0 Å². The van der Waals surface area contributed by atoms with E-state index in [2.05, 4.69) is 29.4 Å². The summed E-state index contributed by atoms with van der Waals surface area (Å²) in [5.74, 6) is -2.26. The summed E-state index contributed by atoms with van der Waals surface area (Å²) < 4.78 is 6.47. The SMILES string of the molecule is CCCN(CCC)CCCN1C(=O)C2C(C(=O)Nc3cc(Cl)cc(Cl)c3)C3C=CC2(O3)C1C(=O)NC1CCCCC1. The largest absolute Gasteiger partial charge is 0.359 e.